The van der Waals surface area contributed by atoms with Crippen LogP contribution < -0.4 is 5.32 Å². The van der Waals surface area contributed by atoms with Crippen LogP contribution in [0.3, 0.4) is 0 Å². The maximum atomic E-state index is 11.6. The Bertz CT molecular complexity index is 475. The van der Waals surface area contributed by atoms with E-state index in [0.29, 0.717) is 6.42 Å². The van der Waals surface area contributed by atoms with Gasteiger partial charge in [-0.25, -0.2) is 4.79 Å². The van der Waals surface area contributed by atoms with E-state index in [4.69, 9.17) is 9.47 Å². The van der Waals surface area contributed by atoms with Crippen molar-refractivity contribution in [2.24, 2.45) is 0 Å². The molecule has 1 unspecified atom stereocenters. The summed E-state index contributed by atoms with van der Waals surface area (Å²) in [7, 11) is -1.52. The van der Waals surface area contributed by atoms with Crippen LogP contribution in [0.15, 0.2) is 0 Å². The van der Waals surface area contributed by atoms with Crippen molar-refractivity contribution in [1.82, 2.24) is 15.4 Å². The van der Waals surface area contributed by atoms with E-state index in [1.807, 2.05) is 27.7 Å². The molecule has 7 heteroatoms. The van der Waals surface area contributed by atoms with E-state index in [-0.39, 0.29) is 18.7 Å². The monoisotopic (exact) mass is 313 g/mol. The number of nitrogens with one attached hydrogen (secondary N) is 1. The van der Waals surface area contributed by atoms with Crippen LogP contribution >= 0.6 is 0 Å². The van der Waals surface area contributed by atoms with Crippen molar-refractivity contribution in [3.8, 4) is 0 Å². The van der Waals surface area contributed by atoms with Gasteiger partial charge in [-0.15, -0.1) is 0 Å². The minimum absolute atomic E-state index is 0.0431. The smallest absolute Gasteiger partial charge is 0.332 e. The molecule has 1 aromatic heterocycles. The summed E-state index contributed by atoms with van der Waals surface area (Å²) in [5, 5.41) is 12.2. The number of rotatable bonds is 6. The molecular weight excluding hydrogens is 286 g/mol. The first-order chi connectivity index (χ1) is 9.49. The third-order valence-corrected chi connectivity index (χ3v) is 4.54. The summed E-state index contributed by atoms with van der Waals surface area (Å²) in [6.07, 6.45) is 0.525. The summed E-state index contributed by atoms with van der Waals surface area (Å²) in [4.78, 5) is 11.6. The number of aromatic amines is 1. The molecule has 0 amide bonds. The maximum absolute atomic E-state index is 11.6. The van der Waals surface area contributed by atoms with Crippen LogP contribution in [-0.4, -0.2) is 47.8 Å². The lowest BCUT2D eigenvalue weighted by Crippen LogP contribution is -2.42. The summed E-state index contributed by atoms with van der Waals surface area (Å²) in [6, 6.07) is 0. The summed E-state index contributed by atoms with van der Waals surface area (Å²) in [5.41, 5.74) is 0.451. The molecule has 0 saturated carbocycles. The van der Waals surface area contributed by atoms with Gasteiger partial charge in [-0.05, 0) is 27.7 Å². The zero-order valence-electron chi connectivity index (χ0n) is 14.1. The Morgan fingerprint density at radius 2 is 1.90 bits per heavy atom. The Morgan fingerprint density at radius 3 is 2.43 bits per heavy atom. The van der Waals surface area contributed by atoms with Crippen LogP contribution in [-0.2, 0) is 20.7 Å². The molecule has 120 valence electrons. The molecule has 0 aliphatic heterocycles. The highest BCUT2D eigenvalue weighted by Crippen LogP contribution is 2.09. The third-order valence-electron chi connectivity index (χ3n) is 2.72. The second kappa shape index (κ2) is 6.70. The summed E-state index contributed by atoms with van der Waals surface area (Å²) >= 11 is 0. The highest BCUT2D eigenvalue weighted by atomic mass is 28.3. The maximum Gasteiger partial charge on any atom is 0.332 e. The molecule has 1 aromatic rings. The fourth-order valence-electron chi connectivity index (χ4n) is 1.91. The van der Waals surface area contributed by atoms with Gasteiger partial charge in [0.25, 0.3) is 0 Å². The van der Waals surface area contributed by atoms with Crippen LogP contribution in [0.25, 0.3) is 0 Å². The second-order valence-electron chi connectivity index (χ2n) is 7.28. The first-order valence-corrected chi connectivity index (χ1v) is 10.7. The minimum Gasteiger partial charge on any atom is -0.458 e. The van der Waals surface area contributed by atoms with Crippen LogP contribution in [0.4, 0.5) is 0 Å². The number of carbonyl (C=O) groups excluding carboxylic acids is 1. The van der Waals surface area contributed by atoms with Gasteiger partial charge < -0.3 is 9.47 Å². The number of aromatic nitrogens is 3. The summed E-state index contributed by atoms with van der Waals surface area (Å²) < 4.78 is 10.8. The molecule has 1 N–H and O–H groups in total. The third kappa shape index (κ3) is 6.39. The Labute approximate surface area is 127 Å². The van der Waals surface area contributed by atoms with Gasteiger partial charge in [-0.2, -0.15) is 15.4 Å². The molecule has 0 radical (unpaired) electrons. The molecule has 1 rings (SSSR count). The largest absolute Gasteiger partial charge is 0.458 e. The SMILES string of the molecule is CC(Cc1n[nH]nc1[Si](C)(C)C)OCC(=O)OC(C)(C)C. The minimum atomic E-state index is -1.52. The molecule has 0 aromatic carbocycles. The highest BCUT2D eigenvalue weighted by Gasteiger charge is 2.25. The predicted octanol–water partition coefficient (Wildman–Crippen LogP) is 1.64. The molecular formula is C14H27N3O3Si. The van der Waals surface area contributed by atoms with Crippen molar-refractivity contribution < 1.29 is 14.3 Å². The molecule has 6 nitrogen and oxygen atoms in total. The number of nitrogens with zero attached hydrogens (tertiary/aromatic N) is 2. The Hall–Kier alpha value is -1.21. The van der Waals surface area contributed by atoms with Crippen LogP contribution in [0.5, 0.6) is 0 Å². The fourth-order valence-corrected chi connectivity index (χ4v) is 3.32. The van der Waals surface area contributed by atoms with Gasteiger partial charge in [0.05, 0.1) is 17.1 Å². The van der Waals surface area contributed by atoms with Crippen molar-refractivity contribution >= 4 is 19.4 Å². The molecule has 0 aliphatic rings. The second-order valence-corrected chi connectivity index (χ2v) is 12.3. The van der Waals surface area contributed by atoms with Gasteiger partial charge >= 0.3 is 5.97 Å². The van der Waals surface area contributed by atoms with E-state index in [1.165, 1.54) is 0 Å². The van der Waals surface area contributed by atoms with Gasteiger partial charge in [0, 0.05) is 6.42 Å². The summed E-state index contributed by atoms with van der Waals surface area (Å²) in [6.45, 7) is 14.1. The molecule has 0 saturated heterocycles. The summed E-state index contributed by atoms with van der Waals surface area (Å²) in [5.74, 6) is -0.347. The van der Waals surface area contributed by atoms with Crippen LogP contribution in [0, 0.1) is 0 Å². The lowest BCUT2D eigenvalue weighted by atomic mass is 10.2. The lowest BCUT2D eigenvalue weighted by Gasteiger charge is -2.20. The number of H-pyrrole nitrogens is 1. The molecule has 0 fully saturated rings. The number of hydrogen-bond donors (Lipinski definition) is 1. The van der Waals surface area contributed by atoms with Crippen molar-refractivity contribution in [3.05, 3.63) is 5.69 Å². The number of carbonyl (C=O) groups is 1. The predicted molar refractivity (Wildman–Crippen MR) is 84.3 cm³/mol. The van der Waals surface area contributed by atoms with E-state index >= 15 is 0 Å². The topological polar surface area (TPSA) is 77.1 Å². The molecule has 0 aliphatic carbocycles. The Morgan fingerprint density at radius 1 is 1.29 bits per heavy atom. The van der Waals surface area contributed by atoms with Gasteiger partial charge in [0.1, 0.15) is 20.3 Å². The van der Waals surface area contributed by atoms with Gasteiger partial charge in [-0.3, -0.25) is 0 Å². The Balaban J connectivity index is 2.50. The first kappa shape index (κ1) is 17.8. The molecule has 0 bridgehead atoms. The first-order valence-electron chi connectivity index (χ1n) is 7.22. The number of ether oxygens (including phenoxy) is 2. The number of hydrogen-bond acceptors (Lipinski definition) is 5. The van der Waals surface area contributed by atoms with Crippen molar-refractivity contribution in [1.29, 1.82) is 0 Å². The average Bonchev–Trinajstić information content (AvgIpc) is 2.71. The highest BCUT2D eigenvalue weighted by molar-refractivity contribution is 6.88. The molecule has 21 heavy (non-hydrogen) atoms. The molecule has 1 atom stereocenters. The van der Waals surface area contributed by atoms with Gasteiger partial charge in [0.15, 0.2) is 0 Å². The number of esters is 1. The normalized spacial score (nSPS) is 14.0. The standard InChI is InChI=1S/C14H27N3O3Si/c1-10(19-9-12(18)20-14(2,3)4)8-11-13(16-17-15-11)21(5,6)7/h10H,8-9H2,1-7H3,(H,15,16,17). The lowest BCUT2D eigenvalue weighted by molar-refractivity contribution is -0.161. The van der Waals surface area contributed by atoms with Crippen molar-refractivity contribution in [3.63, 3.8) is 0 Å². The fraction of sp³-hybridized carbons (Fsp3) is 0.786. The zero-order chi connectivity index (χ0) is 16.3. The van der Waals surface area contributed by atoms with Crippen molar-refractivity contribution in [2.45, 2.75) is 65.5 Å². The van der Waals surface area contributed by atoms with Crippen LogP contribution in [0.2, 0.25) is 19.6 Å². The van der Waals surface area contributed by atoms with E-state index in [1.54, 1.807) is 0 Å². The van der Waals surface area contributed by atoms with E-state index in [9.17, 15) is 4.79 Å². The average molecular weight is 313 g/mol. The quantitative estimate of drug-likeness (QED) is 0.638. The van der Waals surface area contributed by atoms with E-state index in [2.05, 4.69) is 35.1 Å². The van der Waals surface area contributed by atoms with Crippen molar-refractivity contribution in [2.75, 3.05) is 6.61 Å². The van der Waals surface area contributed by atoms with Gasteiger partial charge in [-0.1, -0.05) is 19.6 Å². The van der Waals surface area contributed by atoms with E-state index in [0.717, 1.165) is 11.0 Å². The van der Waals surface area contributed by atoms with E-state index < -0.39 is 13.7 Å². The Kier molecular flexibility index (Phi) is 5.69. The van der Waals surface area contributed by atoms with Crippen LogP contribution in [0.1, 0.15) is 33.4 Å². The molecule has 1 heterocycles. The van der Waals surface area contributed by atoms with Gasteiger partial charge in [0.2, 0.25) is 0 Å². The zero-order valence-corrected chi connectivity index (χ0v) is 15.1. The molecule has 0 spiro atoms.